The summed E-state index contributed by atoms with van der Waals surface area (Å²) in [5.41, 5.74) is 3.58. The maximum Gasteiger partial charge on any atom is 0.213 e. The highest BCUT2D eigenvalue weighted by molar-refractivity contribution is 7.71. The summed E-state index contributed by atoms with van der Waals surface area (Å²) in [5.74, 6) is 1.09. The van der Waals surface area contributed by atoms with Crippen LogP contribution in [0.5, 0.6) is 5.88 Å². The van der Waals surface area contributed by atoms with Gasteiger partial charge in [-0.2, -0.15) is 0 Å². The van der Waals surface area contributed by atoms with Gasteiger partial charge in [-0.1, -0.05) is 13.8 Å². The van der Waals surface area contributed by atoms with Gasteiger partial charge in [-0.05, 0) is 58.6 Å². The SMILES string of the molecule is COc1cc(-c2cc(F)cc(C(C)C)c2Cc2nc(=S)[nH][nH]2)ccn1. The van der Waals surface area contributed by atoms with E-state index < -0.39 is 0 Å². The second-order valence-corrected chi connectivity index (χ2v) is 6.44. The van der Waals surface area contributed by atoms with Gasteiger partial charge < -0.3 is 4.74 Å². The van der Waals surface area contributed by atoms with Crippen LogP contribution in [-0.2, 0) is 6.42 Å². The molecule has 0 unspecified atom stereocenters. The Kier molecular flexibility index (Phi) is 4.94. The number of halogens is 1. The molecule has 0 spiro atoms. The van der Waals surface area contributed by atoms with Gasteiger partial charge >= 0.3 is 0 Å². The van der Waals surface area contributed by atoms with Crippen molar-refractivity contribution in [3.8, 4) is 17.0 Å². The van der Waals surface area contributed by atoms with Crippen LogP contribution in [-0.4, -0.2) is 27.3 Å². The summed E-state index contributed by atoms with van der Waals surface area (Å²) in [6, 6.07) is 6.77. The number of pyridine rings is 1. The molecule has 0 aliphatic rings. The van der Waals surface area contributed by atoms with Gasteiger partial charge in [0.05, 0.1) is 7.11 Å². The number of nitrogens with one attached hydrogen (secondary N) is 2. The Labute approximate surface area is 150 Å². The normalized spacial score (nSPS) is 11.1. The van der Waals surface area contributed by atoms with Gasteiger partial charge in [-0.3, -0.25) is 10.2 Å². The first-order valence-corrected chi connectivity index (χ1v) is 8.35. The van der Waals surface area contributed by atoms with Crippen molar-refractivity contribution in [3.05, 3.63) is 58.0 Å². The van der Waals surface area contributed by atoms with E-state index in [4.69, 9.17) is 17.0 Å². The Morgan fingerprint density at radius 1 is 1.24 bits per heavy atom. The predicted molar refractivity (Wildman–Crippen MR) is 96.9 cm³/mol. The van der Waals surface area contributed by atoms with Crippen LogP contribution in [0.15, 0.2) is 30.5 Å². The van der Waals surface area contributed by atoms with Crippen molar-refractivity contribution in [3.63, 3.8) is 0 Å². The maximum atomic E-state index is 14.3. The van der Waals surface area contributed by atoms with Gasteiger partial charge in [-0.15, -0.1) is 0 Å². The first-order valence-electron chi connectivity index (χ1n) is 7.94. The predicted octanol–water partition coefficient (Wildman–Crippen LogP) is 4.39. The smallest absolute Gasteiger partial charge is 0.213 e. The molecule has 3 aromatic rings. The minimum absolute atomic E-state index is 0.162. The number of hydrogen-bond acceptors (Lipinski definition) is 4. The molecule has 0 amide bonds. The van der Waals surface area contributed by atoms with E-state index in [1.54, 1.807) is 25.4 Å². The molecular weight excluding hydrogens is 339 g/mol. The Morgan fingerprint density at radius 2 is 2.04 bits per heavy atom. The molecule has 0 radical (unpaired) electrons. The van der Waals surface area contributed by atoms with Gasteiger partial charge in [0.25, 0.3) is 0 Å². The lowest BCUT2D eigenvalue weighted by atomic mass is 9.88. The third-order valence-corrected chi connectivity index (χ3v) is 4.21. The zero-order chi connectivity index (χ0) is 18.0. The second-order valence-electron chi connectivity index (χ2n) is 6.05. The molecule has 0 aliphatic heterocycles. The van der Waals surface area contributed by atoms with Crippen LogP contribution < -0.4 is 4.74 Å². The fourth-order valence-corrected chi connectivity index (χ4v) is 3.03. The topological polar surface area (TPSA) is 66.6 Å². The van der Waals surface area contributed by atoms with Crippen LogP contribution in [0.25, 0.3) is 11.1 Å². The summed E-state index contributed by atoms with van der Waals surface area (Å²) in [6.07, 6.45) is 2.17. The number of methoxy groups -OCH3 is 1. The van der Waals surface area contributed by atoms with Crippen molar-refractivity contribution in [2.24, 2.45) is 0 Å². The minimum atomic E-state index is -0.270. The van der Waals surface area contributed by atoms with E-state index in [1.807, 2.05) is 19.9 Å². The Balaban J connectivity index is 2.19. The van der Waals surface area contributed by atoms with E-state index >= 15 is 0 Å². The number of ether oxygens (including phenoxy) is 1. The first kappa shape index (κ1) is 17.3. The summed E-state index contributed by atoms with van der Waals surface area (Å²) in [4.78, 5) is 8.40. The lowest BCUT2D eigenvalue weighted by molar-refractivity contribution is 0.398. The number of hydrogen-bond donors (Lipinski definition) is 2. The second kappa shape index (κ2) is 7.14. The molecule has 7 heteroatoms. The Hall–Kier alpha value is -2.54. The van der Waals surface area contributed by atoms with E-state index in [0.29, 0.717) is 22.9 Å². The molecular formula is C18H19FN4OS. The zero-order valence-corrected chi connectivity index (χ0v) is 15.1. The average Bonchev–Trinajstić information content (AvgIpc) is 3.01. The lowest BCUT2D eigenvalue weighted by Crippen LogP contribution is -2.04. The molecule has 0 bridgehead atoms. The zero-order valence-electron chi connectivity index (χ0n) is 14.3. The number of rotatable bonds is 5. The summed E-state index contributed by atoms with van der Waals surface area (Å²) in [6.45, 7) is 4.09. The van der Waals surface area contributed by atoms with Crippen LogP contribution in [0.2, 0.25) is 0 Å². The van der Waals surface area contributed by atoms with E-state index in [0.717, 1.165) is 22.3 Å². The van der Waals surface area contributed by atoms with E-state index in [2.05, 4.69) is 20.2 Å². The monoisotopic (exact) mass is 358 g/mol. The largest absolute Gasteiger partial charge is 0.481 e. The van der Waals surface area contributed by atoms with E-state index in [1.165, 1.54) is 6.07 Å². The van der Waals surface area contributed by atoms with Gasteiger partial charge in [0, 0.05) is 18.7 Å². The average molecular weight is 358 g/mol. The van der Waals surface area contributed by atoms with E-state index in [9.17, 15) is 4.39 Å². The van der Waals surface area contributed by atoms with Crippen LogP contribution in [0.3, 0.4) is 0 Å². The molecule has 0 aliphatic carbocycles. The summed E-state index contributed by atoms with van der Waals surface area (Å²) >= 11 is 5.03. The van der Waals surface area contributed by atoms with Crippen molar-refractivity contribution >= 4 is 12.2 Å². The van der Waals surface area contributed by atoms with Crippen LogP contribution in [0.1, 0.15) is 36.7 Å². The molecule has 0 saturated heterocycles. The fraction of sp³-hybridized carbons (Fsp3) is 0.278. The molecule has 5 nitrogen and oxygen atoms in total. The molecule has 2 aromatic heterocycles. The van der Waals surface area contributed by atoms with Crippen LogP contribution in [0.4, 0.5) is 4.39 Å². The van der Waals surface area contributed by atoms with Gasteiger partial charge in [0.1, 0.15) is 11.6 Å². The number of nitrogens with zero attached hydrogens (tertiary/aromatic N) is 2. The van der Waals surface area contributed by atoms with Crippen molar-refractivity contribution in [2.45, 2.75) is 26.2 Å². The molecule has 1 aromatic carbocycles. The molecule has 0 saturated carbocycles. The third kappa shape index (κ3) is 3.76. The highest BCUT2D eigenvalue weighted by atomic mass is 32.1. The third-order valence-electron chi connectivity index (χ3n) is 4.02. The van der Waals surface area contributed by atoms with Crippen molar-refractivity contribution in [2.75, 3.05) is 7.11 Å². The first-order chi connectivity index (χ1) is 12.0. The summed E-state index contributed by atoms with van der Waals surface area (Å²) in [5, 5.41) is 5.77. The Morgan fingerprint density at radius 3 is 2.68 bits per heavy atom. The molecule has 25 heavy (non-hydrogen) atoms. The van der Waals surface area contributed by atoms with Crippen molar-refractivity contribution in [1.29, 1.82) is 0 Å². The van der Waals surface area contributed by atoms with Crippen molar-refractivity contribution in [1.82, 2.24) is 20.2 Å². The minimum Gasteiger partial charge on any atom is -0.481 e. The maximum absolute atomic E-state index is 14.3. The van der Waals surface area contributed by atoms with Gasteiger partial charge in [-0.25, -0.2) is 14.4 Å². The van der Waals surface area contributed by atoms with Gasteiger partial charge in [0.15, 0.2) is 0 Å². The molecule has 0 atom stereocenters. The highest BCUT2D eigenvalue weighted by Gasteiger charge is 2.17. The molecule has 3 rings (SSSR count). The molecule has 130 valence electrons. The summed E-state index contributed by atoms with van der Waals surface area (Å²) < 4.78 is 19.9. The van der Waals surface area contributed by atoms with E-state index in [-0.39, 0.29) is 11.7 Å². The molecule has 0 fully saturated rings. The fourth-order valence-electron chi connectivity index (χ4n) is 2.87. The lowest BCUT2D eigenvalue weighted by Gasteiger charge is -2.18. The number of aromatic amines is 2. The number of benzene rings is 1. The number of H-pyrrole nitrogens is 2. The van der Waals surface area contributed by atoms with Crippen LogP contribution >= 0.6 is 12.2 Å². The van der Waals surface area contributed by atoms with Gasteiger partial charge in [0.2, 0.25) is 10.7 Å². The quantitative estimate of drug-likeness (QED) is 0.664. The number of aromatic nitrogens is 4. The highest BCUT2D eigenvalue weighted by Crippen LogP contribution is 2.33. The standard InChI is InChI=1S/C18H19FN4OS/c1-10(2)13-7-12(19)8-14(11-4-5-20-17(6-11)24-3)15(13)9-16-21-18(25)23-22-16/h4-8,10H,9H2,1-3H3,(H2,21,22,23,25). The van der Waals surface area contributed by atoms with Crippen molar-refractivity contribution < 1.29 is 9.13 Å². The Bertz CT molecular complexity index is 948. The summed E-state index contributed by atoms with van der Waals surface area (Å²) in [7, 11) is 1.56. The van der Waals surface area contributed by atoms with Crippen LogP contribution in [0, 0.1) is 10.6 Å². The molecule has 2 N–H and O–H groups in total. The molecule has 2 heterocycles.